The number of hydrogen-bond donors (Lipinski definition) is 1. The van der Waals surface area contributed by atoms with Crippen LogP contribution in [0.15, 0.2) is 30.3 Å². The number of nitrogens with two attached hydrogens (primary N) is 1. The quantitative estimate of drug-likeness (QED) is 0.914. The molecule has 0 radical (unpaired) electrons. The van der Waals surface area contributed by atoms with Crippen LogP contribution in [0.1, 0.15) is 39.2 Å². The van der Waals surface area contributed by atoms with Crippen LogP contribution in [0, 0.1) is 5.41 Å². The highest BCUT2D eigenvalue weighted by molar-refractivity contribution is 5.69. The number of rotatable bonds is 2. The highest BCUT2D eigenvalue weighted by atomic mass is 16.6. The average Bonchev–Trinajstić information content (AvgIpc) is 2.35. The molecule has 4 nitrogen and oxygen atoms in total. The van der Waals surface area contributed by atoms with Gasteiger partial charge in [-0.1, -0.05) is 30.3 Å². The van der Waals surface area contributed by atoms with Crippen molar-refractivity contribution in [3.05, 3.63) is 35.9 Å². The van der Waals surface area contributed by atoms with Crippen LogP contribution >= 0.6 is 0 Å². The van der Waals surface area contributed by atoms with Crippen molar-refractivity contribution in [2.45, 2.75) is 44.6 Å². The second kappa shape index (κ2) is 4.98. The van der Waals surface area contributed by atoms with E-state index in [1.807, 2.05) is 31.7 Å². The minimum Gasteiger partial charge on any atom is -0.444 e. The van der Waals surface area contributed by atoms with Gasteiger partial charge in [-0.3, -0.25) is 0 Å². The molecule has 2 fully saturated rings. The Bertz CT molecular complexity index is 548. The zero-order chi connectivity index (χ0) is 16.0. The zero-order valence-electron chi connectivity index (χ0n) is 13.8. The molecule has 1 saturated heterocycles. The maximum atomic E-state index is 12.0. The Labute approximate surface area is 132 Å². The van der Waals surface area contributed by atoms with Gasteiger partial charge >= 0.3 is 6.09 Å². The van der Waals surface area contributed by atoms with Crippen molar-refractivity contribution in [2.24, 2.45) is 11.1 Å². The van der Waals surface area contributed by atoms with Gasteiger partial charge in [-0.05, 0) is 39.2 Å². The van der Waals surface area contributed by atoms with Gasteiger partial charge in [0.1, 0.15) is 5.60 Å². The van der Waals surface area contributed by atoms with E-state index in [-0.39, 0.29) is 16.9 Å². The van der Waals surface area contributed by atoms with Crippen LogP contribution in [0.4, 0.5) is 4.79 Å². The topological polar surface area (TPSA) is 55.6 Å². The van der Waals surface area contributed by atoms with Crippen molar-refractivity contribution in [3.8, 4) is 0 Å². The van der Waals surface area contributed by atoms with Crippen LogP contribution in [-0.4, -0.2) is 36.2 Å². The number of hydrogen-bond acceptors (Lipinski definition) is 3. The lowest BCUT2D eigenvalue weighted by Gasteiger charge is -2.64. The Morgan fingerprint density at radius 1 is 1.23 bits per heavy atom. The summed E-state index contributed by atoms with van der Waals surface area (Å²) in [5, 5.41) is 0. The van der Waals surface area contributed by atoms with Gasteiger partial charge in [0, 0.05) is 30.5 Å². The molecule has 120 valence electrons. The van der Waals surface area contributed by atoms with Crippen molar-refractivity contribution in [1.29, 1.82) is 0 Å². The van der Waals surface area contributed by atoms with Crippen molar-refractivity contribution in [2.75, 3.05) is 19.6 Å². The van der Waals surface area contributed by atoms with Gasteiger partial charge in [0.25, 0.3) is 0 Å². The van der Waals surface area contributed by atoms with Gasteiger partial charge in [0.2, 0.25) is 0 Å². The van der Waals surface area contributed by atoms with E-state index < -0.39 is 5.60 Å². The van der Waals surface area contributed by atoms with E-state index >= 15 is 0 Å². The number of benzene rings is 1. The standard InChI is InChI=1S/C18H26N2O2/c1-16(2,3)22-15(21)20-12-17(13-20)9-18(10-17,11-19)14-7-5-4-6-8-14/h4-8H,9-13,19H2,1-3H3. The molecule has 1 aromatic rings. The lowest BCUT2D eigenvalue weighted by molar-refractivity contribution is -0.106. The number of likely N-dealkylation sites (tertiary alicyclic amines) is 1. The second-order valence-electron chi connectivity index (χ2n) is 8.04. The van der Waals surface area contributed by atoms with Gasteiger partial charge in [0.05, 0.1) is 0 Å². The maximum Gasteiger partial charge on any atom is 0.410 e. The summed E-state index contributed by atoms with van der Waals surface area (Å²) in [6, 6.07) is 10.5. The summed E-state index contributed by atoms with van der Waals surface area (Å²) in [7, 11) is 0. The Kier molecular flexibility index (Phi) is 3.48. The minimum atomic E-state index is -0.426. The first-order valence-corrected chi connectivity index (χ1v) is 8.01. The van der Waals surface area contributed by atoms with E-state index in [0.717, 1.165) is 25.9 Å². The van der Waals surface area contributed by atoms with Crippen LogP contribution in [0.3, 0.4) is 0 Å². The van der Waals surface area contributed by atoms with E-state index in [9.17, 15) is 4.79 Å². The molecule has 0 aromatic heterocycles. The summed E-state index contributed by atoms with van der Waals surface area (Å²) < 4.78 is 5.43. The highest BCUT2D eigenvalue weighted by Gasteiger charge is 2.61. The molecule has 1 aliphatic carbocycles. The number of amides is 1. The molecule has 1 aliphatic heterocycles. The average molecular weight is 302 g/mol. The third kappa shape index (κ3) is 2.60. The monoisotopic (exact) mass is 302 g/mol. The Morgan fingerprint density at radius 3 is 2.32 bits per heavy atom. The smallest absolute Gasteiger partial charge is 0.410 e. The molecule has 1 aromatic carbocycles. The van der Waals surface area contributed by atoms with Crippen molar-refractivity contribution < 1.29 is 9.53 Å². The fourth-order valence-electron chi connectivity index (χ4n) is 4.08. The van der Waals surface area contributed by atoms with Crippen LogP contribution < -0.4 is 5.73 Å². The van der Waals surface area contributed by atoms with Crippen LogP contribution in [0.5, 0.6) is 0 Å². The first-order valence-electron chi connectivity index (χ1n) is 8.01. The normalized spacial score (nSPS) is 21.9. The number of nitrogens with zero attached hydrogens (tertiary/aromatic N) is 1. The van der Waals surface area contributed by atoms with Gasteiger partial charge in [-0.15, -0.1) is 0 Å². The second-order valence-corrected chi connectivity index (χ2v) is 8.04. The molecule has 2 aliphatic rings. The third-order valence-electron chi connectivity index (χ3n) is 4.91. The van der Waals surface area contributed by atoms with Gasteiger partial charge in [-0.2, -0.15) is 0 Å². The zero-order valence-corrected chi connectivity index (χ0v) is 13.8. The van der Waals surface area contributed by atoms with Crippen molar-refractivity contribution in [3.63, 3.8) is 0 Å². The van der Waals surface area contributed by atoms with Crippen LogP contribution in [0.2, 0.25) is 0 Å². The summed E-state index contributed by atoms with van der Waals surface area (Å²) in [5.74, 6) is 0. The third-order valence-corrected chi connectivity index (χ3v) is 4.91. The summed E-state index contributed by atoms with van der Waals surface area (Å²) in [5.41, 5.74) is 7.33. The van der Waals surface area contributed by atoms with Crippen molar-refractivity contribution >= 4 is 6.09 Å². The fourth-order valence-corrected chi connectivity index (χ4v) is 4.08. The predicted molar refractivity (Wildman–Crippen MR) is 86.6 cm³/mol. The molecule has 2 N–H and O–H groups in total. The van der Waals surface area contributed by atoms with Gasteiger partial charge in [0.15, 0.2) is 0 Å². The van der Waals surface area contributed by atoms with E-state index in [2.05, 4.69) is 24.3 Å². The molecule has 1 heterocycles. The van der Waals surface area contributed by atoms with E-state index in [4.69, 9.17) is 10.5 Å². The Balaban J connectivity index is 1.59. The number of ether oxygens (including phenoxy) is 1. The SMILES string of the molecule is CC(C)(C)OC(=O)N1CC2(C1)CC(CN)(c1ccccc1)C2. The lowest BCUT2D eigenvalue weighted by atomic mass is 9.47. The molecule has 1 saturated carbocycles. The predicted octanol–water partition coefficient (Wildman–Crippen LogP) is 2.91. The summed E-state index contributed by atoms with van der Waals surface area (Å²) in [6.45, 7) is 7.98. The molecule has 0 unspecified atom stereocenters. The van der Waals surface area contributed by atoms with Gasteiger partial charge < -0.3 is 15.4 Å². The Morgan fingerprint density at radius 2 is 1.82 bits per heavy atom. The summed E-state index contributed by atoms with van der Waals surface area (Å²) >= 11 is 0. The number of carbonyl (C=O) groups is 1. The number of carbonyl (C=O) groups excluding carboxylic acids is 1. The first-order chi connectivity index (χ1) is 10.3. The van der Waals surface area contributed by atoms with E-state index in [1.54, 1.807) is 0 Å². The minimum absolute atomic E-state index is 0.0985. The highest BCUT2D eigenvalue weighted by Crippen LogP contribution is 2.59. The molecule has 3 rings (SSSR count). The molecule has 4 heteroatoms. The van der Waals surface area contributed by atoms with E-state index in [0.29, 0.717) is 6.54 Å². The first kappa shape index (κ1) is 15.3. The fraction of sp³-hybridized carbons (Fsp3) is 0.611. The molecular weight excluding hydrogens is 276 g/mol. The summed E-state index contributed by atoms with van der Waals surface area (Å²) in [6.07, 6.45) is 1.95. The molecular formula is C18H26N2O2. The molecule has 1 spiro atoms. The van der Waals surface area contributed by atoms with Gasteiger partial charge in [-0.25, -0.2) is 4.79 Å². The largest absolute Gasteiger partial charge is 0.444 e. The molecule has 0 atom stereocenters. The van der Waals surface area contributed by atoms with Crippen LogP contribution in [-0.2, 0) is 10.2 Å². The Hall–Kier alpha value is -1.55. The summed E-state index contributed by atoms with van der Waals surface area (Å²) in [4.78, 5) is 13.9. The molecule has 0 bridgehead atoms. The molecule has 1 amide bonds. The molecule has 22 heavy (non-hydrogen) atoms. The lowest BCUT2D eigenvalue weighted by Crippen LogP contribution is -2.69. The van der Waals surface area contributed by atoms with Crippen molar-refractivity contribution in [1.82, 2.24) is 4.90 Å². The van der Waals surface area contributed by atoms with Crippen LogP contribution in [0.25, 0.3) is 0 Å². The maximum absolute atomic E-state index is 12.0. The van der Waals surface area contributed by atoms with E-state index in [1.165, 1.54) is 5.56 Å².